The molecule has 0 spiro atoms. The number of rotatable bonds is 5. The van der Waals surface area contributed by atoms with E-state index in [1.165, 1.54) is 16.9 Å². The molecular weight excluding hydrogens is 266 g/mol. The summed E-state index contributed by atoms with van der Waals surface area (Å²) in [7, 11) is 2.25. The van der Waals surface area contributed by atoms with Gasteiger partial charge in [-0.3, -0.25) is 4.90 Å². The van der Waals surface area contributed by atoms with E-state index in [1.54, 1.807) is 0 Å². The van der Waals surface area contributed by atoms with Gasteiger partial charge in [0, 0.05) is 36.6 Å². The highest BCUT2D eigenvalue weighted by molar-refractivity contribution is 7.10. The molecule has 0 aliphatic carbocycles. The molecule has 20 heavy (non-hydrogen) atoms. The highest BCUT2D eigenvalue weighted by atomic mass is 32.1. The number of thiophene rings is 1. The van der Waals surface area contributed by atoms with Gasteiger partial charge in [-0.1, -0.05) is 13.8 Å². The first-order chi connectivity index (χ1) is 9.58. The standard InChI is InChI=1S/C16H29N3S/c1-5-13-11-19(9-8-18(13)4)15(14(17)6-2)16-12(3)7-10-20-16/h7,10,13-15H,5-6,8-9,11,17H2,1-4H3. The minimum absolute atomic E-state index is 0.230. The number of nitrogens with zero attached hydrogens (tertiary/aromatic N) is 2. The second-order valence-electron chi connectivity index (χ2n) is 6.02. The molecule has 1 aliphatic heterocycles. The molecule has 0 saturated carbocycles. The third kappa shape index (κ3) is 3.25. The van der Waals surface area contributed by atoms with Crippen LogP contribution in [0.4, 0.5) is 0 Å². The van der Waals surface area contributed by atoms with Gasteiger partial charge in [-0.2, -0.15) is 0 Å². The van der Waals surface area contributed by atoms with Crippen molar-refractivity contribution in [3.8, 4) is 0 Å². The van der Waals surface area contributed by atoms with Gasteiger partial charge >= 0.3 is 0 Å². The Morgan fingerprint density at radius 3 is 2.70 bits per heavy atom. The fraction of sp³-hybridized carbons (Fsp3) is 0.750. The van der Waals surface area contributed by atoms with Crippen molar-refractivity contribution in [3.05, 3.63) is 21.9 Å². The summed E-state index contributed by atoms with van der Waals surface area (Å²) in [4.78, 5) is 6.59. The maximum Gasteiger partial charge on any atom is 0.0597 e. The van der Waals surface area contributed by atoms with Crippen molar-refractivity contribution >= 4 is 11.3 Å². The summed E-state index contributed by atoms with van der Waals surface area (Å²) in [5.41, 5.74) is 7.88. The molecular formula is C16H29N3S. The zero-order valence-electron chi connectivity index (χ0n) is 13.3. The summed E-state index contributed by atoms with van der Waals surface area (Å²) in [5.74, 6) is 0. The maximum atomic E-state index is 6.48. The third-order valence-corrected chi connectivity index (χ3v) is 5.81. The lowest BCUT2D eigenvalue weighted by molar-refractivity contribution is 0.0534. The fourth-order valence-corrected chi connectivity index (χ4v) is 4.34. The van der Waals surface area contributed by atoms with Crippen LogP contribution in [0.2, 0.25) is 0 Å². The Morgan fingerprint density at radius 2 is 2.15 bits per heavy atom. The van der Waals surface area contributed by atoms with Crippen molar-refractivity contribution in [2.24, 2.45) is 5.73 Å². The molecule has 1 aromatic rings. The van der Waals surface area contributed by atoms with Crippen LogP contribution in [0.1, 0.15) is 43.2 Å². The molecule has 1 aromatic heterocycles. The quantitative estimate of drug-likeness (QED) is 0.906. The number of nitrogens with two attached hydrogens (primary N) is 1. The van der Waals surface area contributed by atoms with Gasteiger partial charge in [-0.25, -0.2) is 0 Å². The largest absolute Gasteiger partial charge is 0.326 e. The van der Waals surface area contributed by atoms with E-state index in [2.05, 4.69) is 49.1 Å². The molecule has 1 aliphatic rings. The summed E-state index contributed by atoms with van der Waals surface area (Å²) in [6.45, 7) is 10.1. The van der Waals surface area contributed by atoms with E-state index < -0.39 is 0 Å². The Balaban J connectivity index is 2.22. The van der Waals surface area contributed by atoms with Gasteiger partial charge < -0.3 is 10.6 Å². The van der Waals surface area contributed by atoms with E-state index in [0.29, 0.717) is 12.1 Å². The first-order valence-corrected chi connectivity index (χ1v) is 8.70. The first-order valence-electron chi connectivity index (χ1n) is 7.82. The van der Waals surface area contributed by atoms with Crippen LogP contribution in [0.15, 0.2) is 11.4 Å². The molecule has 0 aromatic carbocycles. The number of likely N-dealkylation sites (N-methyl/N-ethyl adjacent to an activating group) is 1. The third-order valence-electron chi connectivity index (χ3n) is 4.72. The summed E-state index contributed by atoms with van der Waals surface area (Å²) >= 11 is 1.87. The summed E-state index contributed by atoms with van der Waals surface area (Å²) in [6.07, 6.45) is 2.25. The molecule has 3 unspecified atom stereocenters. The lowest BCUT2D eigenvalue weighted by Gasteiger charge is -2.44. The van der Waals surface area contributed by atoms with Gasteiger partial charge in [-0.15, -0.1) is 11.3 Å². The molecule has 4 heteroatoms. The first kappa shape index (κ1) is 16.0. The van der Waals surface area contributed by atoms with Crippen LogP contribution < -0.4 is 5.73 Å². The van der Waals surface area contributed by atoms with Crippen LogP contribution in [0.3, 0.4) is 0 Å². The lowest BCUT2D eigenvalue weighted by Crippen LogP contribution is -2.54. The Morgan fingerprint density at radius 1 is 1.40 bits per heavy atom. The predicted octanol–water partition coefficient (Wildman–Crippen LogP) is 2.86. The van der Waals surface area contributed by atoms with Gasteiger partial charge in [0.25, 0.3) is 0 Å². The minimum Gasteiger partial charge on any atom is -0.326 e. The molecule has 0 bridgehead atoms. The summed E-state index contributed by atoms with van der Waals surface area (Å²) < 4.78 is 0. The van der Waals surface area contributed by atoms with E-state index >= 15 is 0 Å². The van der Waals surface area contributed by atoms with Crippen molar-refractivity contribution in [1.29, 1.82) is 0 Å². The molecule has 0 amide bonds. The Kier molecular flexibility index (Phi) is 5.61. The van der Waals surface area contributed by atoms with Gasteiger partial charge in [0.05, 0.1) is 6.04 Å². The zero-order chi connectivity index (χ0) is 14.7. The van der Waals surface area contributed by atoms with Crippen LogP contribution in [0.25, 0.3) is 0 Å². The number of piperazine rings is 1. The molecule has 2 N–H and O–H groups in total. The van der Waals surface area contributed by atoms with Crippen LogP contribution in [-0.2, 0) is 0 Å². The van der Waals surface area contributed by atoms with Crippen LogP contribution in [0.5, 0.6) is 0 Å². The van der Waals surface area contributed by atoms with Gasteiger partial charge in [0.2, 0.25) is 0 Å². The summed E-state index contributed by atoms with van der Waals surface area (Å²) in [6, 6.07) is 3.51. The second kappa shape index (κ2) is 7.03. The van der Waals surface area contributed by atoms with E-state index in [1.807, 2.05) is 11.3 Å². The molecule has 1 saturated heterocycles. The van der Waals surface area contributed by atoms with Crippen LogP contribution >= 0.6 is 11.3 Å². The SMILES string of the molecule is CCC(N)C(c1sccc1C)N1CCN(C)C(CC)C1. The molecule has 1 fully saturated rings. The topological polar surface area (TPSA) is 32.5 Å². The molecule has 3 nitrogen and oxygen atoms in total. The number of aryl methyl sites for hydroxylation is 1. The van der Waals surface area contributed by atoms with E-state index in [0.717, 1.165) is 26.1 Å². The minimum atomic E-state index is 0.230. The van der Waals surface area contributed by atoms with E-state index in [9.17, 15) is 0 Å². The van der Waals surface area contributed by atoms with Gasteiger partial charge in [0.15, 0.2) is 0 Å². The number of hydrogen-bond donors (Lipinski definition) is 1. The van der Waals surface area contributed by atoms with Gasteiger partial charge in [0.1, 0.15) is 0 Å². The number of hydrogen-bond acceptors (Lipinski definition) is 4. The highest BCUT2D eigenvalue weighted by Crippen LogP contribution is 2.33. The lowest BCUT2D eigenvalue weighted by atomic mass is 9.98. The van der Waals surface area contributed by atoms with E-state index in [-0.39, 0.29) is 6.04 Å². The Bertz CT molecular complexity index is 418. The summed E-state index contributed by atoms with van der Waals surface area (Å²) in [5, 5.41) is 2.20. The zero-order valence-corrected chi connectivity index (χ0v) is 14.1. The van der Waals surface area contributed by atoms with Crippen LogP contribution in [-0.4, -0.2) is 48.6 Å². The Labute approximate surface area is 127 Å². The van der Waals surface area contributed by atoms with Crippen molar-refractivity contribution in [2.75, 3.05) is 26.7 Å². The second-order valence-corrected chi connectivity index (χ2v) is 6.97. The fourth-order valence-electron chi connectivity index (χ4n) is 3.21. The highest BCUT2D eigenvalue weighted by Gasteiger charge is 2.32. The average molecular weight is 295 g/mol. The van der Waals surface area contributed by atoms with E-state index in [4.69, 9.17) is 5.73 Å². The van der Waals surface area contributed by atoms with Crippen molar-refractivity contribution in [1.82, 2.24) is 9.80 Å². The van der Waals surface area contributed by atoms with Crippen molar-refractivity contribution < 1.29 is 0 Å². The molecule has 0 radical (unpaired) electrons. The molecule has 2 rings (SSSR count). The molecule has 3 atom stereocenters. The van der Waals surface area contributed by atoms with Crippen molar-refractivity contribution in [2.45, 2.75) is 51.7 Å². The monoisotopic (exact) mass is 295 g/mol. The maximum absolute atomic E-state index is 6.48. The van der Waals surface area contributed by atoms with Gasteiger partial charge in [-0.05, 0) is 43.8 Å². The Hall–Kier alpha value is -0.420. The average Bonchev–Trinajstić information content (AvgIpc) is 2.86. The normalized spacial score (nSPS) is 24.8. The smallest absolute Gasteiger partial charge is 0.0597 e. The molecule has 114 valence electrons. The van der Waals surface area contributed by atoms with Crippen molar-refractivity contribution in [3.63, 3.8) is 0 Å². The van der Waals surface area contributed by atoms with Crippen LogP contribution in [0, 0.1) is 6.92 Å². The molecule has 2 heterocycles. The predicted molar refractivity (Wildman–Crippen MR) is 88.3 cm³/mol.